The first-order valence-electron chi connectivity index (χ1n) is 6.87. The first kappa shape index (κ1) is 20.6. The summed E-state index contributed by atoms with van der Waals surface area (Å²) in [6, 6.07) is 5.47. The van der Waals surface area contributed by atoms with Crippen LogP contribution in [-0.2, 0) is 15.6 Å². The number of alkyl halides is 3. The van der Waals surface area contributed by atoms with Gasteiger partial charge in [-0.3, -0.25) is 0 Å². The minimum atomic E-state index is -5.24. The van der Waals surface area contributed by atoms with Crippen molar-refractivity contribution in [2.45, 2.75) is 16.7 Å². The van der Waals surface area contributed by atoms with Gasteiger partial charge in [-0.15, -0.1) is 0 Å². The van der Waals surface area contributed by atoms with Crippen molar-refractivity contribution < 1.29 is 35.5 Å². The number of hydrogen-bond acceptors (Lipinski definition) is 3. The van der Waals surface area contributed by atoms with E-state index in [9.17, 15) is 35.5 Å². The molecule has 2 N–H and O–H groups in total. The van der Waals surface area contributed by atoms with Crippen LogP contribution >= 0.6 is 11.6 Å². The van der Waals surface area contributed by atoms with Gasteiger partial charge >= 0.3 is 6.18 Å². The molecule has 0 fully saturated rings. The van der Waals surface area contributed by atoms with E-state index in [0.717, 1.165) is 24.3 Å². The van der Waals surface area contributed by atoms with Crippen LogP contribution in [0.1, 0.15) is 5.56 Å². The molecule has 11 heteroatoms. The third-order valence-corrected chi connectivity index (χ3v) is 5.16. The molecule has 2 aromatic carbocycles. The summed E-state index contributed by atoms with van der Waals surface area (Å²) >= 11 is 5.59. The summed E-state index contributed by atoms with van der Waals surface area (Å²) in [6.45, 7) is -1.49. The molecular weight excluding hydrogens is 405 g/mol. The van der Waals surface area contributed by atoms with Gasteiger partial charge in [-0.05, 0) is 35.9 Å². The molecule has 26 heavy (non-hydrogen) atoms. The van der Waals surface area contributed by atoms with Crippen LogP contribution in [0.4, 0.5) is 22.0 Å². The molecule has 0 heterocycles. The van der Waals surface area contributed by atoms with Crippen molar-refractivity contribution in [3.8, 4) is 0 Å². The second-order valence-electron chi connectivity index (χ2n) is 5.27. The molecule has 0 aliphatic heterocycles. The Labute approximate surface area is 150 Å². The van der Waals surface area contributed by atoms with Gasteiger partial charge in [0.2, 0.25) is 10.0 Å². The van der Waals surface area contributed by atoms with Gasteiger partial charge in [-0.25, -0.2) is 21.9 Å². The fourth-order valence-electron chi connectivity index (χ4n) is 2.02. The molecule has 0 bridgehead atoms. The van der Waals surface area contributed by atoms with E-state index >= 15 is 0 Å². The van der Waals surface area contributed by atoms with Crippen LogP contribution in [0.15, 0.2) is 47.4 Å². The lowest BCUT2D eigenvalue weighted by Gasteiger charge is -2.31. The van der Waals surface area contributed by atoms with Gasteiger partial charge in [0.15, 0.2) is 17.2 Å². The molecule has 0 radical (unpaired) electrons. The van der Waals surface area contributed by atoms with Crippen LogP contribution in [0.3, 0.4) is 0 Å². The van der Waals surface area contributed by atoms with Crippen molar-refractivity contribution in [3.05, 3.63) is 64.7 Å². The van der Waals surface area contributed by atoms with Gasteiger partial charge in [0.25, 0.3) is 0 Å². The number of nitrogens with one attached hydrogen (secondary N) is 1. The zero-order chi connectivity index (χ0) is 19.8. The molecule has 4 nitrogen and oxygen atoms in total. The molecule has 0 aliphatic carbocycles. The van der Waals surface area contributed by atoms with E-state index in [1.807, 2.05) is 0 Å². The number of halogens is 6. The smallest absolute Gasteiger partial charge is 0.375 e. The number of sulfonamides is 1. The average Bonchev–Trinajstić information content (AvgIpc) is 2.54. The topological polar surface area (TPSA) is 66.4 Å². The van der Waals surface area contributed by atoms with Gasteiger partial charge in [0.1, 0.15) is 0 Å². The maximum atomic E-state index is 13.4. The molecule has 1 atom stereocenters. The minimum Gasteiger partial charge on any atom is -0.375 e. The summed E-state index contributed by atoms with van der Waals surface area (Å²) in [5.41, 5.74) is -4.22. The molecule has 0 aliphatic rings. The van der Waals surface area contributed by atoms with Gasteiger partial charge in [-0.1, -0.05) is 23.7 Å². The summed E-state index contributed by atoms with van der Waals surface area (Å²) in [5, 5.41) is 10.2. The Morgan fingerprint density at radius 2 is 1.58 bits per heavy atom. The van der Waals surface area contributed by atoms with Crippen LogP contribution in [-0.4, -0.2) is 26.2 Å². The minimum absolute atomic E-state index is 0.112. The molecule has 2 rings (SSSR count). The zero-order valence-electron chi connectivity index (χ0n) is 12.7. The third-order valence-electron chi connectivity index (χ3n) is 3.51. The van der Waals surface area contributed by atoms with Crippen molar-refractivity contribution in [3.63, 3.8) is 0 Å². The molecule has 0 spiro atoms. The van der Waals surface area contributed by atoms with E-state index < -0.39 is 50.4 Å². The molecule has 1 unspecified atom stereocenters. The van der Waals surface area contributed by atoms with E-state index in [1.165, 1.54) is 0 Å². The van der Waals surface area contributed by atoms with E-state index in [4.69, 9.17) is 11.6 Å². The van der Waals surface area contributed by atoms with Crippen LogP contribution in [0.25, 0.3) is 0 Å². The fraction of sp³-hybridized carbons (Fsp3) is 0.200. The van der Waals surface area contributed by atoms with Gasteiger partial charge in [-0.2, -0.15) is 13.2 Å². The number of benzene rings is 2. The summed E-state index contributed by atoms with van der Waals surface area (Å²) in [6.07, 6.45) is -5.24. The Bertz CT molecular complexity index is 902. The van der Waals surface area contributed by atoms with Crippen molar-refractivity contribution in [1.29, 1.82) is 0 Å². The summed E-state index contributed by atoms with van der Waals surface area (Å²) in [7, 11) is -4.65. The lowest BCUT2D eigenvalue weighted by Crippen LogP contribution is -2.51. The fourth-order valence-corrected chi connectivity index (χ4v) is 3.22. The quantitative estimate of drug-likeness (QED) is 0.736. The van der Waals surface area contributed by atoms with Crippen molar-refractivity contribution in [2.75, 3.05) is 6.54 Å². The highest BCUT2D eigenvalue weighted by atomic mass is 35.5. The van der Waals surface area contributed by atoms with Crippen molar-refractivity contribution in [2.24, 2.45) is 0 Å². The van der Waals surface area contributed by atoms with Crippen LogP contribution in [0.2, 0.25) is 5.02 Å². The van der Waals surface area contributed by atoms with Crippen molar-refractivity contribution in [1.82, 2.24) is 4.72 Å². The molecule has 0 saturated carbocycles. The van der Waals surface area contributed by atoms with E-state index in [2.05, 4.69) is 0 Å². The number of aliphatic hydroxyl groups is 1. The third kappa shape index (κ3) is 4.14. The standard InChI is InChI=1S/C15H11ClF5NO3S/c16-10-3-1-9(2-4-10)14(23,15(19,20)21)8-22-26(24,25)11-5-6-12(17)13(18)7-11/h1-7,22-23H,8H2. The Kier molecular flexibility index (Phi) is 5.62. The molecule has 2 aromatic rings. The Hall–Kier alpha value is -1.75. The first-order chi connectivity index (χ1) is 11.9. The first-order valence-corrected chi connectivity index (χ1v) is 8.73. The Balaban J connectivity index is 2.35. The largest absolute Gasteiger partial charge is 0.422 e. The van der Waals surface area contributed by atoms with Crippen LogP contribution in [0, 0.1) is 11.6 Å². The second kappa shape index (κ2) is 7.10. The molecule has 142 valence electrons. The van der Waals surface area contributed by atoms with Gasteiger partial charge < -0.3 is 5.11 Å². The summed E-state index contributed by atoms with van der Waals surface area (Å²) < 4.78 is 91.8. The molecule has 0 amide bonds. The SMILES string of the molecule is O=S(=O)(NCC(O)(c1ccc(Cl)cc1)C(F)(F)F)c1ccc(F)c(F)c1. The predicted molar refractivity (Wildman–Crippen MR) is 83.0 cm³/mol. The maximum absolute atomic E-state index is 13.4. The highest BCUT2D eigenvalue weighted by molar-refractivity contribution is 7.89. The average molecular weight is 416 g/mol. The monoisotopic (exact) mass is 415 g/mol. The highest BCUT2D eigenvalue weighted by Gasteiger charge is 2.55. The lowest BCUT2D eigenvalue weighted by molar-refractivity contribution is -0.263. The summed E-state index contributed by atoms with van der Waals surface area (Å²) in [4.78, 5) is -0.794. The van der Waals surface area contributed by atoms with E-state index in [0.29, 0.717) is 18.2 Å². The highest BCUT2D eigenvalue weighted by Crippen LogP contribution is 2.39. The maximum Gasteiger partial charge on any atom is 0.422 e. The normalized spacial score (nSPS) is 14.9. The lowest BCUT2D eigenvalue weighted by atomic mass is 9.93. The van der Waals surface area contributed by atoms with E-state index in [1.54, 1.807) is 4.72 Å². The van der Waals surface area contributed by atoms with Gasteiger partial charge in [0.05, 0.1) is 11.4 Å². The van der Waals surface area contributed by atoms with Crippen LogP contribution < -0.4 is 4.72 Å². The molecule has 0 saturated heterocycles. The number of rotatable bonds is 5. The van der Waals surface area contributed by atoms with Gasteiger partial charge in [0, 0.05) is 5.02 Å². The number of hydrogen-bond donors (Lipinski definition) is 2. The Morgan fingerprint density at radius 3 is 2.08 bits per heavy atom. The Morgan fingerprint density at radius 1 is 1.00 bits per heavy atom. The van der Waals surface area contributed by atoms with Crippen LogP contribution in [0.5, 0.6) is 0 Å². The van der Waals surface area contributed by atoms with Crippen molar-refractivity contribution >= 4 is 21.6 Å². The van der Waals surface area contributed by atoms with E-state index in [-0.39, 0.29) is 5.02 Å². The second-order valence-corrected chi connectivity index (χ2v) is 7.47. The zero-order valence-corrected chi connectivity index (χ0v) is 14.3. The molecular formula is C15H11ClF5NO3S. The predicted octanol–water partition coefficient (Wildman–Crippen LogP) is 3.35. The summed E-state index contributed by atoms with van der Waals surface area (Å²) in [5.74, 6) is -2.81. The molecule has 0 aromatic heterocycles.